The molecule has 0 aliphatic heterocycles. The normalized spacial score (nSPS) is 12.5. The number of carbonyl (C=O) groups is 1. The van der Waals surface area contributed by atoms with Crippen molar-refractivity contribution in [2.75, 3.05) is 0 Å². The van der Waals surface area contributed by atoms with Crippen molar-refractivity contribution in [2.45, 2.75) is 25.1 Å². The van der Waals surface area contributed by atoms with Crippen molar-refractivity contribution in [2.24, 2.45) is 0 Å². The molecule has 0 unspecified atom stereocenters. The molecule has 3 rings (SSSR count). The molecule has 1 N–H and O–H groups in total. The maximum absolute atomic E-state index is 13.6. The average molecular weight is 497 g/mol. The van der Waals surface area contributed by atoms with Crippen LogP contribution in [-0.2, 0) is 25.1 Å². The molecule has 5 nitrogen and oxygen atoms in total. The Morgan fingerprint density at radius 3 is 1.91 bits per heavy atom. The van der Waals surface area contributed by atoms with E-state index in [1.807, 2.05) is 5.32 Å². The summed E-state index contributed by atoms with van der Waals surface area (Å²) in [6, 6.07) is 7.66. The molecule has 0 saturated heterocycles. The Bertz CT molecular complexity index is 1130. The third-order valence-electron chi connectivity index (χ3n) is 4.29. The molecule has 0 fully saturated rings. The van der Waals surface area contributed by atoms with Gasteiger partial charge in [0.1, 0.15) is 0 Å². The van der Waals surface area contributed by atoms with Gasteiger partial charge in [0.2, 0.25) is 0 Å². The van der Waals surface area contributed by atoms with Crippen LogP contribution in [-0.4, -0.2) is 15.9 Å². The van der Waals surface area contributed by atoms with Crippen LogP contribution in [0, 0.1) is 0 Å². The van der Waals surface area contributed by atoms with Gasteiger partial charge in [-0.15, -0.1) is 0 Å². The highest BCUT2D eigenvalue weighted by atomic mass is 19.4. The zero-order chi connectivity index (χ0) is 25.3. The molecule has 0 spiro atoms. The molecule has 0 aliphatic carbocycles. The van der Waals surface area contributed by atoms with E-state index < -0.39 is 59.3 Å². The number of alkyl halides is 9. The van der Waals surface area contributed by atoms with Crippen LogP contribution < -0.4 is 10.1 Å². The Labute approximate surface area is 184 Å². The number of nitrogens with one attached hydrogen (secondary N) is 1. The van der Waals surface area contributed by atoms with Crippen molar-refractivity contribution in [3.05, 3.63) is 77.1 Å². The fraction of sp³-hybridized carbons (Fsp3) is 0.200. The Kier molecular flexibility index (Phi) is 6.53. The molecule has 2 aromatic carbocycles. The van der Waals surface area contributed by atoms with Crippen molar-refractivity contribution in [1.82, 2.24) is 15.1 Å². The monoisotopic (exact) mass is 497 g/mol. The predicted octanol–water partition coefficient (Wildman–Crippen LogP) is 6.22. The summed E-state index contributed by atoms with van der Waals surface area (Å²) in [5.74, 6) is -1.02. The number of amides is 1. The highest BCUT2D eigenvalue weighted by Crippen LogP contribution is 2.38. The molecule has 0 saturated carbocycles. The minimum Gasteiger partial charge on any atom is -0.406 e. The Hall–Kier alpha value is -3.71. The van der Waals surface area contributed by atoms with Gasteiger partial charge in [0.05, 0.1) is 23.0 Å². The summed E-state index contributed by atoms with van der Waals surface area (Å²) < 4.78 is 123. The van der Waals surface area contributed by atoms with Gasteiger partial charge in [-0.2, -0.15) is 44.6 Å². The van der Waals surface area contributed by atoms with E-state index in [0.717, 1.165) is 0 Å². The molecule has 3 aromatic rings. The first-order valence-electron chi connectivity index (χ1n) is 9.11. The molecule has 0 bridgehead atoms. The van der Waals surface area contributed by atoms with Crippen molar-refractivity contribution in [1.29, 1.82) is 0 Å². The van der Waals surface area contributed by atoms with Crippen molar-refractivity contribution in [3.63, 3.8) is 0 Å². The highest BCUT2D eigenvalue weighted by Gasteiger charge is 2.41. The highest BCUT2D eigenvalue weighted by molar-refractivity contribution is 5.70. The number of benzene rings is 2. The van der Waals surface area contributed by atoms with E-state index in [1.165, 1.54) is 24.3 Å². The number of halogens is 9. The number of nitrogens with zero attached hydrogens (tertiary/aromatic N) is 2. The van der Waals surface area contributed by atoms with Crippen LogP contribution in [0.3, 0.4) is 0 Å². The van der Waals surface area contributed by atoms with E-state index in [2.05, 4.69) is 9.84 Å². The fourth-order valence-electron chi connectivity index (χ4n) is 2.86. The van der Waals surface area contributed by atoms with Crippen molar-refractivity contribution >= 4 is 6.09 Å². The second-order valence-corrected chi connectivity index (χ2v) is 6.76. The summed E-state index contributed by atoms with van der Waals surface area (Å²) in [5.41, 5.74) is -5.29. The average Bonchev–Trinajstić information content (AvgIpc) is 3.15. The first kappa shape index (κ1) is 24.9. The fourth-order valence-corrected chi connectivity index (χ4v) is 2.86. The van der Waals surface area contributed by atoms with Gasteiger partial charge in [-0.05, 0) is 35.9 Å². The molecule has 1 amide bonds. The Balaban J connectivity index is 1.82. The molecule has 1 heterocycles. The van der Waals surface area contributed by atoms with Crippen molar-refractivity contribution in [3.8, 4) is 11.4 Å². The first-order valence-corrected chi connectivity index (χ1v) is 9.11. The van der Waals surface area contributed by atoms with E-state index in [0.29, 0.717) is 23.0 Å². The summed E-state index contributed by atoms with van der Waals surface area (Å²) in [4.78, 5) is 12.0. The zero-order valence-electron chi connectivity index (χ0n) is 16.5. The summed E-state index contributed by atoms with van der Waals surface area (Å²) in [6.45, 7) is -0.889. The lowest BCUT2D eigenvalue weighted by Crippen LogP contribution is -2.27. The van der Waals surface area contributed by atoms with Gasteiger partial charge >= 0.3 is 24.6 Å². The Morgan fingerprint density at radius 2 is 1.41 bits per heavy atom. The van der Waals surface area contributed by atoms with Crippen LogP contribution in [0.25, 0.3) is 5.69 Å². The van der Waals surface area contributed by atoms with E-state index in [4.69, 9.17) is 0 Å². The largest absolute Gasteiger partial charge is 0.437 e. The molecule has 0 aliphatic rings. The van der Waals surface area contributed by atoms with Crippen molar-refractivity contribution < 1.29 is 49.0 Å². The number of aromatic nitrogens is 2. The summed E-state index contributed by atoms with van der Waals surface area (Å²) in [7, 11) is 0. The van der Waals surface area contributed by atoms with Gasteiger partial charge in [0.15, 0.2) is 11.4 Å². The number of hydrogen-bond donors (Lipinski definition) is 1. The van der Waals surface area contributed by atoms with Crippen LogP contribution in [0.15, 0.2) is 54.7 Å². The van der Waals surface area contributed by atoms with Gasteiger partial charge in [-0.3, -0.25) is 0 Å². The number of para-hydroxylation sites is 1. The van der Waals surface area contributed by atoms with E-state index in [1.54, 1.807) is 6.07 Å². The van der Waals surface area contributed by atoms with Gasteiger partial charge < -0.3 is 10.1 Å². The predicted molar refractivity (Wildman–Crippen MR) is 97.9 cm³/mol. The summed E-state index contributed by atoms with van der Waals surface area (Å²) >= 11 is 0. The van der Waals surface area contributed by atoms with Crippen LogP contribution in [0.5, 0.6) is 5.75 Å². The molecule has 0 radical (unpaired) electrons. The standard InChI is InChI=1S/C20H12F9N3O2/c21-18(22,23)12-6-11(7-13(8-12)19(24,25)26)9-30-17(33)34-15-10-31-32(16(15)20(27,28)29)14-4-2-1-3-5-14/h1-8,10H,9H2,(H,30,33). The summed E-state index contributed by atoms with van der Waals surface area (Å²) in [5, 5.41) is 5.38. The van der Waals surface area contributed by atoms with Gasteiger partial charge in [0.25, 0.3) is 0 Å². The lowest BCUT2D eigenvalue weighted by Gasteiger charge is -2.15. The minimum atomic E-state index is -5.11. The SMILES string of the molecule is O=C(NCc1cc(C(F)(F)F)cc(C(F)(F)F)c1)Oc1cnn(-c2ccccc2)c1C(F)(F)F. The van der Waals surface area contributed by atoms with E-state index in [-0.39, 0.29) is 11.8 Å². The van der Waals surface area contributed by atoms with E-state index in [9.17, 15) is 44.3 Å². The molecular formula is C20H12F9N3O2. The van der Waals surface area contributed by atoms with Crippen LogP contribution in [0.1, 0.15) is 22.4 Å². The Morgan fingerprint density at radius 1 is 0.853 bits per heavy atom. The zero-order valence-corrected chi connectivity index (χ0v) is 16.5. The molecule has 0 atom stereocenters. The lowest BCUT2D eigenvalue weighted by molar-refractivity contribution is -0.144. The number of hydrogen-bond acceptors (Lipinski definition) is 3. The van der Waals surface area contributed by atoms with Crippen LogP contribution in [0.2, 0.25) is 0 Å². The maximum Gasteiger partial charge on any atom is 0.437 e. The lowest BCUT2D eigenvalue weighted by atomic mass is 10.0. The van der Waals surface area contributed by atoms with Gasteiger partial charge in [0, 0.05) is 6.54 Å². The third-order valence-corrected chi connectivity index (χ3v) is 4.29. The summed E-state index contributed by atoms with van der Waals surface area (Å²) in [6.07, 6.45) is -16.2. The topological polar surface area (TPSA) is 56.1 Å². The second-order valence-electron chi connectivity index (χ2n) is 6.76. The number of rotatable bonds is 4. The molecule has 182 valence electrons. The van der Waals surface area contributed by atoms with Crippen LogP contribution >= 0.6 is 0 Å². The molecule has 34 heavy (non-hydrogen) atoms. The molecule has 1 aromatic heterocycles. The van der Waals surface area contributed by atoms with Gasteiger partial charge in [-0.1, -0.05) is 18.2 Å². The van der Waals surface area contributed by atoms with Crippen LogP contribution in [0.4, 0.5) is 44.3 Å². The minimum absolute atomic E-state index is 0.00581. The first-order chi connectivity index (χ1) is 15.7. The van der Waals surface area contributed by atoms with E-state index >= 15 is 0 Å². The maximum atomic E-state index is 13.6. The quantitative estimate of drug-likeness (QED) is 0.436. The third kappa shape index (κ3) is 5.80. The number of carbonyl (C=O) groups excluding carboxylic acids is 1. The van der Waals surface area contributed by atoms with Gasteiger partial charge in [-0.25, -0.2) is 9.48 Å². The number of ether oxygens (including phenoxy) is 1. The molecule has 14 heteroatoms. The molecular weight excluding hydrogens is 485 g/mol. The second kappa shape index (κ2) is 8.91. The smallest absolute Gasteiger partial charge is 0.406 e.